The summed E-state index contributed by atoms with van der Waals surface area (Å²) in [4.78, 5) is 24.1. The van der Waals surface area contributed by atoms with E-state index in [1.54, 1.807) is 0 Å². The van der Waals surface area contributed by atoms with Crippen LogP contribution in [0, 0.1) is 17.6 Å². The molecular formula is C12H12F2N2O3. The minimum atomic E-state index is -1.20. The van der Waals surface area contributed by atoms with E-state index in [1.807, 2.05) is 0 Å². The zero-order valence-electron chi connectivity index (χ0n) is 10.2. The zero-order valence-corrected chi connectivity index (χ0v) is 10.2. The molecule has 2 N–H and O–H groups in total. The van der Waals surface area contributed by atoms with Gasteiger partial charge in [-0.25, -0.2) is 8.78 Å². The van der Waals surface area contributed by atoms with E-state index < -0.39 is 29.4 Å². The molecule has 1 aromatic rings. The lowest BCUT2D eigenvalue weighted by molar-refractivity contribution is -0.145. The monoisotopic (exact) mass is 270 g/mol. The molecule has 7 heteroatoms. The van der Waals surface area contributed by atoms with Crippen LogP contribution in [0.5, 0.6) is 0 Å². The molecule has 5 nitrogen and oxygen atoms in total. The van der Waals surface area contributed by atoms with Gasteiger partial charge in [-0.15, -0.1) is 0 Å². The molecule has 0 saturated carbocycles. The van der Waals surface area contributed by atoms with Crippen molar-refractivity contribution in [2.24, 2.45) is 5.92 Å². The fourth-order valence-electron chi connectivity index (χ4n) is 2.08. The second-order valence-electron chi connectivity index (χ2n) is 4.23. The molecule has 19 heavy (non-hydrogen) atoms. The van der Waals surface area contributed by atoms with Crippen LogP contribution < -0.4 is 10.6 Å². The molecule has 1 atom stereocenters. The number of esters is 1. The average Bonchev–Trinajstić information content (AvgIpc) is 2.76. The Morgan fingerprint density at radius 3 is 2.79 bits per heavy atom. The molecule has 1 aliphatic heterocycles. The first kappa shape index (κ1) is 13.3. The number of nitrogen functional groups attached to an aromatic ring is 1. The van der Waals surface area contributed by atoms with E-state index in [2.05, 4.69) is 4.74 Å². The molecule has 102 valence electrons. The molecule has 0 aromatic heterocycles. The Balaban J connectivity index is 2.36. The Labute approximate surface area is 107 Å². The van der Waals surface area contributed by atoms with Crippen molar-refractivity contribution in [3.63, 3.8) is 0 Å². The van der Waals surface area contributed by atoms with Gasteiger partial charge in [-0.1, -0.05) is 0 Å². The van der Waals surface area contributed by atoms with Crippen LogP contribution in [0.3, 0.4) is 0 Å². The molecule has 2 rings (SSSR count). The van der Waals surface area contributed by atoms with Crippen LogP contribution in [0.4, 0.5) is 20.2 Å². The minimum absolute atomic E-state index is 0.0576. The molecule has 1 heterocycles. The molecular weight excluding hydrogens is 258 g/mol. The van der Waals surface area contributed by atoms with Gasteiger partial charge in [-0.2, -0.15) is 0 Å². The van der Waals surface area contributed by atoms with Gasteiger partial charge in [0.25, 0.3) is 0 Å². The van der Waals surface area contributed by atoms with Crippen LogP contribution in [0.15, 0.2) is 12.1 Å². The second kappa shape index (κ2) is 4.83. The summed E-state index contributed by atoms with van der Waals surface area (Å²) in [5.74, 6) is -4.05. The highest BCUT2D eigenvalue weighted by Crippen LogP contribution is 2.33. The summed E-state index contributed by atoms with van der Waals surface area (Å²) in [5.41, 5.74) is 5.19. The van der Waals surface area contributed by atoms with Gasteiger partial charge in [0.05, 0.1) is 18.7 Å². The molecule has 1 amide bonds. The summed E-state index contributed by atoms with van der Waals surface area (Å²) in [6, 6.07) is 2.05. The average molecular weight is 270 g/mol. The van der Waals surface area contributed by atoms with Crippen LogP contribution in [-0.4, -0.2) is 25.5 Å². The minimum Gasteiger partial charge on any atom is -0.469 e. The van der Waals surface area contributed by atoms with E-state index in [1.165, 1.54) is 13.2 Å². The third-order valence-corrected chi connectivity index (χ3v) is 3.03. The largest absolute Gasteiger partial charge is 0.469 e. The third kappa shape index (κ3) is 2.23. The van der Waals surface area contributed by atoms with Gasteiger partial charge in [0.1, 0.15) is 5.69 Å². The van der Waals surface area contributed by atoms with Crippen molar-refractivity contribution in [2.75, 3.05) is 24.3 Å². The number of halogens is 2. The zero-order chi connectivity index (χ0) is 14.2. The van der Waals surface area contributed by atoms with Crippen LogP contribution in [-0.2, 0) is 14.3 Å². The second-order valence-corrected chi connectivity index (χ2v) is 4.23. The third-order valence-electron chi connectivity index (χ3n) is 3.03. The highest BCUT2D eigenvalue weighted by atomic mass is 19.2. The van der Waals surface area contributed by atoms with E-state index in [0.29, 0.717) is 0 Å². The Morgan fingerprint density at radius 2 is 2.16 bits per heavy atom. The number of methoxy groups -OCH3 is 1. The van der Waals surface area contributed by atoms with Gasteiger partial charge in [-0.3, -0.25) is 9.59 Å². The first-order chi connectivity index (χ1) is 8.95. The highest BCUT2D eigenvalue weighted by Gasteiger charge is 2.38. The van der Waals surface area contributed by atoms with Crippen molar-refractivity contribution in [1.29, 1.82) is 0 Å². The lowest BCUT2D eigenvalue weighted by atomic mass is 10.1. The molecule has 0 radical (unpaired) electrons. The number of benzene rings is 1. The van der Waals surface area contributed by atoms with Gasteiger partial charge >= 0.3 is 5.97 Å². The van der Waals surface area contributed by atoms with Crippen molar-refractivity contribution in [3.8, 4) is 0 Å². The summed E-state index contributed by atoms with van der Waals surface area (Å²) in [7, 11) is 1.20. The summed E-state index contributed by atoms with van der Waals surface area (Å²) in [6.07, 6.45) is -0.109. The number of nitrogens with two attached hydrogens (primary N) is 1. The van der Waals surface area contributed by atoms with E-state index in [9.17, 15) is 18.4 Å². The Kier molecular flexibility index (Phi) is 3.37. The van der Waals surface area contributed by atoms with E-state index >= 15 is 0 Å². The summed E-state index contributed by atoms with van der Waals surface area (Å²) >= 11 is 0. The molecule has 1 fully saturated rings. The Morgan fingerprint density at radius 1 is 1.47 bits per heavy atom. The molecule has 1 aliphatic rings. The molecule has 0 aliphatic carbocycles. The number of ether oxygens (including phenoxy) is 1. The van der Waals surface area contributed by atoms with Crippen molar-refractivity contribution in [1.82, 2.24) is 0 Å². The number of anilines is 2. The van der Waals surface area contributed by atoms with Crippen molar-refractivity contribution >= 4 is 23.3 Å². The SMILES string of the molecule is COC(=O)C1CC(=O)N(c2c(N)ccc(F)c2F)C1. The summed E-state index contributed by atoms with van der Waals surface area (Å²) in [6.45, 7) is -0.0733. The number of hydrogen-bond donors (Lipinski definition) is 1. The lowest BCUT2D eigenvalue weighted by Gasteiger charge is -2.19. The maximum Gasteiger partial charge on any atom is 0.311 e. The maximum absolute atomic E-state index is 13.7. The molecule has 1 saturated heterocycles. The maximum atomic E-state index is 13.7. The Bertz CT molecular complexity index is 548. The van der Waals surface area contributed by atoms with Gasteiger partial charge < -0.3 is 15.4 Å². The van der Waals surface area contributed by atoms with E-state index in [0.717, 1.165) is 11.0 Å². The number of nitrogens with zero attached hydrogens (tertiary/aromatic N) is 1. The van der Waals surface area contributed by atoms with Crippen LogP contribution in [0.1, 0.15) is 6.42 Å². The fourth-order valence-corrected chi connectivity index (χ4v) is 2.08. The Hall–Kier alpha value is -2.18. The van der Waals surface area contributed by atoms with E-state index in [-0.39, 0.29) is 24.3 Å². The number of hydrogen-bond acceptors (Lipinski definition) is 4. The van der Waals surface area contributed by atoms with Crippen molar-refractivity contribution in [3.05, 3.63) is 23.8 Å². The summed E-state index contributed by atoms with van der Waals surface area (Å²) in [5, 5.41) is 0. The lowest BCUT2D eigenvalue weighted by Crippen LogP contribution is -2.28. The predicted molar refractivity (Wildman–Crippen MR) is 63.2 cm³/mol. The predicted octanol–water partition coefficient (Wildman–Crippen LogP) is 1.07. The van der Waals surface area contributed by atoms with Gasteiger partial charge in [0.2, 0.25) is 5.91 Å². The standard InChI is InChI=1S/C12H12F2N2O3/c1-19-12(18)6-4-9(17)16(5-6)11-8(15)3-2-7(13)10(11)14/h2-3,6H,4-5,15H2,1H3. The highest BCUT2D eigenvalue weighted by molar-refractivity contribution is 6.01. The van der Waals surface area contributed by atoms with Crippen LogP contribution in [0.25, 0.3) is 0 Å². The molecule has 1 aromatic carbocycles. The topological polar surface area (TPSA) is 72.6 Å². The summed E-state index contributed by atoms with van der Waals surface area (Å²) < 4.78 is 31.5. The molecule has 1 unspecified atom stereocenters. The van der Waals surface area contributed by atoms with E-state index in [4.69, 9.17) is 5.73 Å². The number of rotatable bonds is 2. The smallest absolute Gasteiger partial charge is 0.311 e. The first-order valence-corrected chi connectivity index (χ1v) is 5.57. The molecule has 0 bridgehead atoms. The number of amides is 1. The van der Waals surface area contributed by atoms with Crippen LogP contribution in [0.2, 0.25) is 0 Å². The first-order valence-electron chi connectivity index (χ1n) is 5.57. The molecule has 0 spiro atoms. The number of carbonyl (C=O) groups excluding carboxylic acids is 2. The van der Waals surface area contributed by atoms with Crippen molar-refractivity contribution in [2.45, 2.75) is 6.42 Å². The van der Waals surface area contributed by atoms with Gasteiger partial charge in [0.15, 0.2) is 11.6 Å². The van der Waals surface area contributed by atoms with Crippen molar-refractivity contribution < 1.29 is 23.1 Å². The van der Waals surface area contributed by atoms with Gasteiger partial charge in [-0.05, 0) is 12.1 Å². The fraction of sp³-hybridized carbons (Fsp3) is 0.333. The number of carbonyl (C=O) groups is 2. The quantitative estimate of drug-likeness (QED) is 0.644. The van der Waals surface area contributed by atoms with Gasteiger partial charge in [0, 0.05) is 13.0 Å². The normalized spacial score (nSPS) is 18.8. The van der Waals surface area contributed by atoms with Crippen LogP contribution >= 0.6 is 0 Å².